The molecule has 4 nitrogen and oxygen atoms in total. The molecule has 0 aliphatic carbocycles. The quantitative estimate of drug-likeness (QED) is 0.793. The second-order valence-corrected chi connectivity index (χ2v) is 7.50. The molecule has 0 aliphatic heterocycles. The molecule has 0 amide bonds. The molecule has 0 radical (unpaired) electrons. The van der Waals surface area contributed by atoms with Crippen molar-refractivity contribution in [3.63, 3.8) is 0 Å². The molecular formula is C12H15BrO4S. The Labute approximate surface area is 115 Å². The first kappa shape index (κ1) is 15.2. The summed E-state index contributed by atoms with van der Waals surface area (Å²) in [7, 11) is -2.28. The maximum absolute atomic E-state index is 12.2. The third kappa shape index (κ3) is 3.55. The minimum Gasteiger partial charge on any atom is -0.469 e. The summed E-state index contributed by atoms with van der Waals surface area (Å²) in [6.45, 7) is 3.10. The highest BCUT2D eigenvalue weighted by Crippen LogP contribution is 2.25. The van der Waals surface area contributed by atoms with Crippen molar-refractivity contribution >= 4 is 31.7 Å². The maximum atomic E-state index is 12.2. The van der Waals surface area contributed by atoms with Crippen LogP contribution in [0.2, 0.25) is 0 Å². The average molecular weight is 335 g/mol. The number of sulfone groups is 1. The monoisotopic (exact) mass is 334 g/mol. The number of halogens is 1. The van der Waals surface area contributed by atoms with Crippen LogP contribution in [-0.2, 0) is 19.4 Å². The predicted octanol–water partition coefficient (Wildman–Crippen LogP) is 2.42. The number of hydrogen-bond acceptors (Lipinski definition) is 4. The summed E-state index contributed by atoms with van der Waals surface area (Å²) in [6, 6.07) is 6.41. The summed E-state index contributed by atoms with van der Waals surface area (Å²) in [5.74, 6) is -0.829. The van der Waals surface area contributed by atoms with Crippen LogP contribution in [0.25, 0.3) is 0 Å². The van der Waals surface area contributed by atoms with Crippen molar-refractivity contribution in [3.05, 3.63) is 28.7 Å². The van der Waals surface area contributed by atoms with E-state index in [-0.39, 0.29) is 10.6 Å². The van der Waals surface area contributed by atoms with Crippen molar-refractivity contribution in [3.8, 4) is 0 Å². The fraction of sp³-hybridized carbons (Fsp3) is 0.417. The highest BCUT2D eigenvalue weighted by Gasteiger charge is 2.35. The van der Waals surface area contributed by atoms with Crippen molar-refractivity contribution in [2.75, 3.05) is 12.9 Å². The number of esters is 1. The first-order chi connectivity index (χ1) is 8.19. The number of methoxy groups -OCH3 is 1. The van der Waals surface area contributed by atoms with Crippen LogP contribution in [0.3, 0.4) is 0 Å². The van der Waals surface area contributed by atoms with E-state index in [0.717, 1.165) is 0 Å². The SMILES string of the molecule is COC(=O)C(C)(C)CS(=O)(=O)c1cccc(Br)c1. The van der Waals surface area contributed by atoms with Gasteiger partial charge in [0.15, 0.2) is 9.84 Å². The van der Waals surface area contributed by atoms with Crippen molar-refractivity contribution < 1.29 is 17.9 Å². The maximum Gasteiger partial charge on any atom is 0.312 e. The van der Waals surface area contributed by atoms with Gasteiger partial charge < -0.3 is 4.74 Å². The smallest absolute Gasteiger partial charge is 0.312 e. The zero-order chi connectivity index (χ0) is 14.0. The summed E-state index contributed by atoms with van der Waals surface area (Å²) < 4.78 is 29.7. The van der Waals surface area contributed by atoms with Crippen LogP contribution in [-0.4, -0.2) is 27.2 Å². The number of carbonyl (C=O) groups is 1. The van der Waals surface area contributed by atoms with E-state index in [2.05, 4.69) is 20.7 Å². The van der Waals surface area contributed by atoms with Crippen LogP contribution < -0.4 is 0 Å². The molecule has 18 heavy (non-hydrogen) atoms. The van der Waals surface area contributed by atoms with Gasteiger partial charge in [0.1, 0.15) is 0 Å². The topological polar surface area (TPSA) is 60.4 Å². The van der Waals surface area contributed by atoms with E-state index in [4.69, 9.17) is 0 Å². The standard InChI is InChI=1S/C12H15BrO4S/c1-12(2,11(14)17-3)8-18(15,16)10-6-4-5-9(13)7-10/h4-7H,8H2,1-3H3. The number of benzene rings is 1. The summed E-state index contributed by atoms with van der Waals surface area (Å²) in [5, 5.41) is 0. The Balaban J connectivity index is 3.06. The van der Waals surface area contributed by atoms with Crippen LogP contribution in [0, 0.1) is 5.41 Å². The lowest BCUT2D eigenvalue weighted by molar-refractivity contribution is -0.149. The van der Waals surface area contributed by atoms with Crippen LogP contribution >= 0.6 is 15.9 Å². The average Bonchev–Trinajstić information content (AvgIpc) is 2.26. The van der Waals surface area contributed by atoms with Gasteiger partial charge in [-0.25, -0.2) is 8.42 Å². The van der Waals surface area contributed by atoms with Crippen molar-refractivity contribution in [1.29, 1.82) is 0 Å². The second kappa shape index (κ2) is 5.40. The first-order valence-electron chi connectivity index (χ1n) is 5.26. The largest absolute Gasteiger partial charge is 0.469 e. The van der Waals surface area contributed by atoms with Gasteiger partial charge in [-0.15, -0.1) is 0 Å². The van der Waals surface area contributed by atoms with Crippen LogP contribution in [0.1, 0.15) is 13.8 Å². The van der Waals surface area contributed by atoms with Gasteiger partial charge in [-0.05, 0) is 32.0 Å². The minimum absolute atomic E-state index is 0.189. The molecule has 0 N–H and O–H groups in total. The first-order valence-corrected chi connectivity index (χ1v) is 7.70. The number of carbonyl (C=O) groups excluding carboxylic acids is 1. The zero-order valence-electron chi connectivity index (χ0n) is 10.4. The molecule has 0 saturated carbocycles. The predicted molar refractivity (Wildman–Crippen MR) is 72.0 cm³/mol. The van der Waals surface area contributed by atoms with Gasteiger partial charge in [-0.1, -0.05) is 22.0 Å². The Hall–Kier alpha value is -0.880. The molecule has 0 aromatic heterocycles. The number of ether oxygens (including phenoxy) is 1. The van der Waals surface area contributed by atoms with E-state index in [1.807, 2.05) is 0 Å². The molecule has 0 bridgehead atoms. The van der Waals surface area contributed by atoms with Crippen LogP contribution in [0.4, 0.5) is 0 Å². The molecule has 1 aromatic rings. The fourth-order valence-electron chi connectivity index (χ4n) is 1.55. The zero-order valence-corrected chi connectivity index (χ0v) is 12.8. The summed E-state index contributed by atoms with van der Waals surface area (Å²) >= 11 is 3.22. The molecule has 0 saturated heterocycles. The van der Waals surface area contributed by atoms with Gasteiger partial charge >= 0.3 is 5.97 Å². The summed E-state index contributed by atoms with van der Waals surface area (Å²) in [4.78, 5) is 11.7. The summed E-state index contributed by atoms with van der Waals surface area (Å²) in [6.07, 6.45) is 0. The fourth-order valence-corrected chi connectivity index (χ4v) is 3.93. The molecule has 0 unspecified atom stereocenters. The summed E-state index contributed by atoms with van der Waals surface area (Å²) in [5.41, 5.74) is -1.07. The van der Waals surface area contributed by atoms with Gasteiger partial charge in [0.25, 0.3) is 0 Å². The van der Waals surface area contributed by atoms with Gasteiger partial charge in [-0.3, -0.25) is 4.79 Å². The van der Waals surface area contributed by atoms with Crippen LogP contribution in [0.15, 0.2) is 33.6 Å². The Bertz CT molecular complexity index is 549. The Morgan fingerprint density at radius 3 is 2.50 bits per heavy atom. The molecule has 0 atom stereocenters. The van der Waals surface area contributed by atoms with E-state index in [1.54, 1.807) is 26.0 Å². The Morgan fingerprint density at radius 2 is 2.00 bits per heavy atom. The number of rotatable bonds is 4. The van der Waals surface area contributed by atoms with E-state index >= 15 is 0 Å². The third-order valence-corrected chi connectivity index (χ3v) is 5.01. The molecule has 1 aromatic carbocycles. The Morgan fingerprint density at radius 1 is 1.39 bits per heavy atom. The molecule has 6 heteroatoms. The highest BCUT2D eigenvalue weighted by atomic mass is 79.9. The van der Waals surface area contributed by atoms with E-state index in [1.165, 1.54) is 19.2 Å². The van der Waals surface area contributed by atoms with Crippen molar-refractivity contribution in [2.45, 2.75) is 18.7 Å². The van der Waals surface area contributed by atoms with Crippen molar-refractivity contribution in [1.82, 2.24) is 0 Å². The van der Waals surface area contributed by atoms with E-state index in [9.17, 15) is 13.2 Å². The van der Waals surface area contributed by atoms with Crippen LogP contribution in [0.5, 0.6) is 0 Å². The van der Waals surface area contributed by atoms with Gasteiger partial charge in [-0.2, -0.15) is 0 Å². The minimum atomic E-state index is -3.53. The molecular weight excluding hydrogens is 320 g/mol. The molecule has 0 fully saturated rings. The normalized spacial score (nSPS) is 12.2. The lowest BCUT2D eigenvalue weighted by Crippen LogP contribution is -2.33. The molecule has 0 aliphatic rings. The molecule has 0 spiro atoms. The van der Waals surface area contributed by atoms with Crippen molar-refractivity contribution in [2.24, 2.45) is 5.41 Å². The lowest BCUT2D eigenvalue weighted by atomic mass is 9.97. The molecule has 1 rings (SSSR count). The highest BCUT2D eigenvalue weighted by molar-refractivity contribution is 9.10. The van der Waals surface area contributed by atoms with Gasteiger partial charge in [0.05, 0.1) is 23.2 Å². The molecule has 100 valence electrons. The molecule has 0 heterocycles. The second-order valence-electron chi connectivity index (χ2n) is 4.59. The van der Waals surface area contributed by atoms with Gasteiger partial charge in [0, 0.05) is 4.47 Å². The Kier molecular flexibility index (Phi) is 4.55. The van der Waals surface area contributed by atoms with Gasteiger partial charge in [0.2, 0.25) is 0 Å². The number of hydrogen-bond donors (Lipinski definition) is 0. The third-order valence-electron chi connectivity index (χ3n) is 2.44. The van der Waals surface area contributed by atoms with E-state index in [0.29, 0.717) is 4.47 Å². The lowest BCUT2D eigenvalue weighted by Gasteiger charge is -2.21. The van der Waals surface area contributed by atoms with E-state index < -0.39 is 21.2 Å².